The molecule has 0 aromatic carbocycles. The fraction of sp³-hybridized carbons (Fsp3) is 0.333. The first-order chi connectivity index (χ1) is 7.66. The smallest absolute Gasteiger partial charge is 0.340 e. The van der Waals surface area contributed by atoms with Gasteiger partial charge < -0.3 is 5.11 Å². The number of nitrogens with zero attached hydrogens (tertiary/aromatic N) is 4. The number of halogens is 1. The van der Waals surface area contributed by atoms with Crippen molar-refractivity contribution in [3.05, 3.63) is 22.7 Å². The summed E-state index contributed by atoms with van der Waals surface area (Å²) in [5.41, 5.74) is -0.0681. The Hall–Kier alpha value is -1.69. The average Bonchev–Trinajstić information content (AvgIpc) is 2.99. The molecule has 0 radical (unpaired) electrons. The van der Waals surface area contributed by atoms with E-state index in [9.17, 15) is 4.79 Å². The maximum Gasteiger partial charge on any atom is 0.340 e. The van der Waals surface area contributed by atoms with Crippen LogP contribution >= 0.6 is 11.6 Å². The Morgan fingerprint density at radius 1 is 1.56 bits per heavy atom. The van der Waals surface area contributed by atoms with E-state index < -0.39 is 5.97 Å². The third kappa shape index (κ3) is 1.34. The third-order valence-corrected chi connectivity index (χ3v) is 2.86. The van der Waals surface area contributed by atoms with E-state index in [-0.39, 0.29) is 10.7 Å². The molecule has 0 bridgehead atoms. The number of hydrogen-bond donors (Lipinski definition) is 1. The van der Waals surface area contributed by atoms with Crippen LogP contribution in [0.2, 0.25) is 5.15 Å². The van der Waals surface area contributed by atoms with Crippen molar-refractivity contribution in [1.29, 1.82) is 0 Å². The minimum atomic E-state index is -1.12. The van der Waals surface area contributed by atoms with Gasteiger partial charge in [-0.15, -0.1) is 5.10 Å². The second kappa shape index (κ2) is 3.15. The van der Waals surface area contributed by atoms with E-state index in [0.717, 1.165) is 12.8 Å². The fourth-order valence-corrected chi connectivity index (χ4v) is 1.73. The molecular weight excluding hydrogens is 232 g/mol. The van der Waals surface area contributed by atoms with Crippen LogP contribution in [0.3, 0.4) is 0 Å². The molecule has 0 aliphatic heterocycles. The van der Waals surface area contributed by atoms with Crippen molar-refractivity contribution in [2.45, 2.75) is 18.8 Å². The van der Waals surface area contributed by atoms with E-state index in [4.69, 9.17) is 16.7 Å². The summed E-state index contributed by atoms with van der Waals surface area (Å²) >= 11 is 5.91. The van der Waals surface area contributed by atoms with Crippen molar-refractivity contribution in [3.8, 4) is 0 Å². The summed E-state index contributed by atoms with van der Waals surface area (Å²) in [7, 11) is 0. The molecule has 3 rings (SSSR count). The van der Waals surface area contributed by atoms with Gasteiger partial charge in [0.2, 0.25) is 0 Å². The highest BCUT2D eigenvalue weighted by molar-refractivity contribution is 6.32. The van der Waals surface area contributed by atoms with E-state index in [1.165, 1.54) is 10.7 Å². The Labute approximate surface area is 94.9 Å². The summed E-state index contributed by atoms with van der Waals surface area (Å²) in [6, 6.07) is 0. The standard InChI is InChI=1S/C9H7ClN4O2/c10-6-5(8(15)16)3-11-9-12-7(4-1-2-4)13-14(6)9/h3-4H,1-2H2,(H,15,16). The first-order valence-electron chi connectivity index (χ1n) is 4.81. The van der Waals surface area contributed by atoms with Gasteiger partial charge in [-0.05, 0) is 12.8 Å². The molecule has 82 valence electrons. The average molecular weight is 239 g/mol. The van der Waals surface area contributed by atoms with E-state index in [0.29, 0.717) is 17.5 Å². The second-order valence-corrected chi connectivity index (χ2v) is 4.08. The van der Waals surface area contributed by atoms with Crippen LogP contribution in [0.5, 0.6) is 0 Å². The van der Waals surface area contributed by atoms with Gasteiger partial charge in [-0.1, -0.05) is 11.6 Å². The van der Waals surface area contributed by atoms with Gasteiger partial charge in [0, 0.05) is 12.1 Å². The molecule has 0 spiro atoms. The molecule has 0 saturated heterocycles. The molecule has 0 atom stereocenters. The Balaban J connectivity index is 2.22. The highest BCUT2D eigenvalue weighted by Gasteiger charge is 2.29. The van der Waals surface area contributed by atoms with Gasteiger partial charge in [0.25, 0.3) is 5.78 Å². The maximum atomic E-state index is 10.8. The van der Waals surface area contributed by atoms with Crippen molar-refractivity contribution in [1.82, 2.24) is 19.6 Å². The first-order valence-corrected chi connectivity index (χ1v) is 5.19. The zero-order valence-electron chi connectivity index (χ0n) is 8.09. The summed E-state index contributed by atoms with van der Waals surface area (Å²) in [6.45, 7) is 0. The van der Waals surface area contributed by atoms with Crippen LogP contribution < -0.4 is 0 Å². The van der Waals surface area contributed by atoms with Gasteiger partial charge in [0.15, 0.2) is 11.0 Å². The minimum absolute atomic E-state index is 0.0388. The lowest BCUT2D eigenvalue weighted by atomic mass is 10.3. The molecule has 1 N–H and O–H groups in total. The van der Waals surface area contributed by atoms with Crippen LogP contribution in [0.1, 0.15) is 34.9 Å². The van der Waals surface area contributed by atoms with Gasteiger partial charge in [-0.25, -0.2) is 9.78 Å². The van der Waals surface area contributed by atoms with E-state index in [1.54, 1.807) is 0 Å². The molecule has 0 amide bonds. The molecule has 2 aromatic heterocycles. The summed E-state index contributed by atoms with van der Waals surface area (Å²) in [5.74, 6) is 0.294. The predicted octanol–water partition coefficient (Wildman–Crippen LogP) is 1.35. The van der Waals surface area contributed by atoms with Crippen LogP contribution in [0.4, 0.5) is 0 Å². The first kappa shape index (κ1) is 9.53. The number of aromatic carboxylic acids is 1. The van der Waals surface area contributed by atoms with E-state index in [1.807, 2.05) is 0 Å². The van der Waals surface area contributed by atoms with Crippen LogP contribution in [-0.4, -0.2) is 30.7 Å². The molecule has 6 nitrogen and oxygen atoms in total. The van der Waals surface area contributed by atoms with Gasteiger partial charge in [-0.2, -0.15) is 9.50 Å². The number of rotatable bonds is 2. The molecule has 1 fully saturated rings. The van der Waals surface area contributed by atoms with Crippen LogP contribution in [0.15, 0.2) is 6.20 Å². The molecule has 2 heterocycles. The highest BCUT2D eigenvalue weighted by atomic mass is 35.5. The zero-order valence-corrected chi connectivity index (χ0v) is 8.85. The van der Waals surface area contributed by atoms with Crippen LogP contribution in [-0.2, 0) is 0 Å². The second-order valence-electron chi connectivity index (χ2n) is 3.72. The van der Waals surface area contributed by atoms with Gasteiger partial charge in [0.1, 0.15) is 5.56 Å². The van der Waals surface area contributed by atoms with Crippen molar-refractivity contribution in [2.24, 2.45) is 0 Å². The van der Waals surface area contributed by atoms with Gasteiger partial charge in [0.05, 0.1) is 0 Å². The Morgan fingerprint density at radius 3 is 2.94 bits per heavy atom. The minimum Gasteiger partial charge on any atom is -0.478 e. The van der Waals surface area contributed by atoms with Gasteiger partial charge in [-0.3, -0.25) is 0 Å². The SMILES string of the molecule is O=C(O)c1cnc2nc(C3CC3)nn2c1Cl. The summed E-state index contributed by atoms with van der Waals surface area (Å²) in [4.78, 5) is 19.0. The number of carboxylic acid groups (broad SMARTS) is 1. The predicted molar refractivity (Wildman–Crippen MR) is 54.7 cm³/mol. The lowest BCUT2D eigenvalue weighted by Gasteiger charge is -1.98. The lowest BCUT2D eigenvalue weighted by molar-refractivity contribution is 0.0696. The third-order valence-electron chi connectivity index (χ3n) is 2.50. The topological polar surface area (TPSA) is 80.4 Å². The largest absolute Gasteiger partial charge is 0.478 e. The Morgan fingerprint density at radius 2 is 2.31 bits per heavy atom. The normalized spacial score (nSPS) is 15.6. The maximum absolute atomic E-state index is 10.8. The number of aromatic nitrogens is 4. The van der Waals surface area contributed by atoms with Crippen molar-refractivity contribution in [3.63, 3.8) is 0 Å². The number of fused-ring (bicyclic) bond motifs is 1. The number of carbonyl (C=O) groups is 1. The van der Waals surface area contributed by atoms with E-state index >= 15 is 0 Å². The summed E-state index contributed by atoms with van der Waals surface area (Å²) < 4.78 is 1.28. The molecule has 7 heteroatoms. The van der Waals surface area contributed by atoms with E-state index in [2.05, 4.69) is 15.1 Å². The van der Waals surface area contributed by atoms with Crippen molar-refractivity contribution < 1.29 is 9.90 Å². The fourth-order valence-electron chi connectivity index (χ4n) is 1.48. The molecule has 16 heavy (non-hydrogen) atoms. The molecule has 1 saturated carbocycles. The van der Waals surface area contributed by atoms with Crippen LogP contribution in [0.25, 0.3) is 5.78 Å². The zero-order chi connectivity index (χ0) is 11.3. The molecule has 1 aliphatic rings. The Kier molecular flexibility index (Phi) is 1.88. The van der Waals surface area contributed by atoms with Crippen molar-refractivity contribution >= 4 is 23.3 Å². The summed E-state index contributed by atoms with van der Waals surface area (Å²) in [6.07, 6.45) is 3.34. The van der Waals surface area contributed by atoms with Crippen molar-refractivity contribution in [2.75, 3.05) is 0 Å². The monoisotopic (exact) mass is 238 g/mol. The quantitative estimate of drug-likeness (QED) is 0.799. The van der Waals surface area contributed by atoms with Crippen LogP contribution in [0, 0.1) is 0 Å². The lowest BCUT2D eigenvalue weighted by Crippen LogP contribution is -2.04. The number of hydrogen-bond acceptors (Lipinski definition) is 4. The molecule has 0 unspecified atom stereocenters. The number of carboxylic acids is 1. The molecule has 1 aliphatic carbocycles. The molecule has 2 aromatic rings. The van der Waals surface area contributed by atoms with Gasteiger partial charge >= 0.3 is 5.97 Å². The summed E-state index contributed by atoms with van der Waals surface area (Å²) in [5, 5.41) is 13.1. The Bertz CT molecular complexity index is 590. The highest BCUT2D eigenvalue weighted by Crippen LogP contribution is 2.38. The molecular formula is C9H7ClN4O2.